The number of anilines is 3. The summed E-state index contributed by atoms with van der Waals surface area (Å²) in [6.45, 7) is 1.98. The number of aryl methyl sites for hydroxylation is 1. The summed E-state index contributed by atoms with van der Waals surface area (Å²) in [6, 6.07) is 17.2. The third-order valence-corrected chi connectivity index (χ3v) is 5.29. The molecule has 5 nitrogen and oxygen atoms in total. The van der Waals surface area contributed by atoms with Gasteiger partial charge in [-0.1, -0.05) is 6.07 Å². The molecule has 0 aliphatic heterocycles. The molecular weight excluding hydrogens is 367 g/mol. The fourth-order valence-electron chi connectivity index (χ4n) is 2.52. The van der Waals surface area contributed by atoms with Gasteiger partial charge in [-0.05, 0) is 73.2 Å². The fraction of sp³-hybridized carbons (Fsp3) is 0.100. The summed E-state index contributed by atoms with van der Waals surface area (Å²) in [5.74, 6) is 0.220. The van der Waals surface area contributed by atoms with E-state index >= 15 is 0 Å². The summed E-state index contributed by atoms with van der Waals surface area (Å²) in [4.78, 5) is -0.00408. The molecule has 3 aromatic rings. The van der Waals surface area contributed by atoms with Gasteiger partial charge in [0.15, 0.2) is 0 Å². The molecule has 0 saturated heterocycles. The number of sulfonamides is 1. The van der Waals surface area contributed by atoms with Crippen molar-refractivity contribution in [2.75, 3.05) is 17.1 Å². The van der Waals surface area contributed by atoms with Crippen molar-refractivity contribution in [3.05, 3.63) is 78.1 Å². The van der Waals surface area contributed by atoms with Crippen molar-refractivity contribution >= 4 is 27.1 Å². The Morgan fingerprint density at radius 1 is 0.889 bits per heavy atom. The van der Waals surface area contributed by atoms with Crippen molar-refractivity contribution in [2.45, 2.75) is 11.8 Å². The molecule has 0 aromatic heterocycles. The molecule has 0 spiro atoms. The van der Waals surface area contributed by atoms with E-state index in [4.69, 9.17) is 4.74 Å². The van der Waals surface area contributed by atoms with Crippen LogP contribution in [0.1, 0.15) is 5.56 Å². The molecule has 0 heterocycles. The number of ether oxygens (including phenoxy) is 1. The Bertz CT molecular complexity index is 1030. The fourth-order valence-corrected chi connectivity index (χ4v) is 3.58. The molecule has 0 aliphatic carbocycles. The minimum Gasteiger partial charge on any atom is -0.495 e. The van der Waals surface area contributed by atoms with Gasteiger partial charge in [-0.15, -0.1) is 0 Å². The van der Waals surface area contributed by atoms with Crippen molar-refractivity contribution in [1.82, 2.24) is 0 Å². The molecule has 27 heavy (non-hydrogen) atoms. The van der Waals surface area contributed by atoms with Crippen LogP contribution in [0.15, 0.2) is 71.6 Å². The quantitative estimate of drug-likeness (QED) is 0.645. The summed E-state index contributed by atoms with van der Waals surface area (Å²) >= 11 is 0. The average molecular weight is 386 g/mol. The number of nitrogens with one attached hydrogen (secondary N) is 2. The molecule has 3 rings (SSSR count). The molecule has 0 aliphatic rings. The second-order valence-corrected chi connectivity index (χ2v) is 7.65. The number of hydrogen-bond donors (Lipinski definition) is 2. The maximum Gasteiger partial charge on any atom is 0.261 e. The zero-order valence-electron chi connectivity index (χ0n) is 14.9. The van der Waals surface area contributed by atoms with Crippen LogP contribution in [0.5, 0.6) is 5.75 Å². The van der Waals surface area contributed by atoms with Gasteiger partial charge in [0.2, 0.25) is 0 Å². The lowest BCUT2D eigenvalue weighted by Crippen LogP contribution is -2.12. The van der Waals surface area contributed by atoms with Crippen molar-refractivity contribution in [1.29, 1.82) is 0 Å². The summed E-state index contributed by atoms with van der Waals surface area (Å²) in [5.41, 5.74) is 3.09. The third-order valence-electron chi connectivity index (χ3n) is 3.90. The predicted molar refractivity (Wildman–Crippen MR) is 105 cm³/mol. The second kappa shape index (κ2) is 7.67. The number of methoxy groups -OCH3 is 1. The molecular formula is C20H19FN2O3S. The van der Waals surface area contributed by atoms with Gasteiger partial charge in [0.1, 0.15) is 11.6 Å². The Hall–Kier alpha value is -3.06. The summed E-state index contributed by atoms with van der Waals surface area (Å²) < 4.78 is 45.5. The topological polar surface area (TPSA) is 67.4 Å². The monoisotopic (exact) mass is 386 g/mol. The predicted octanol–water partition coefficient (Wildman–Crippen LogP) is 4.69. The highest BCUT2D eigenvalue weighted by molar-refractivity contribution is 7.92. The molecule has 3 aromatic carbocycles. The van der Waals surface area contributed by atoms with E-state index < -0.39 is 15.8 Å². The summed E-state index contributed by atoms with van der Waals surface area (Å²) in [6.07, 6.45) is 0. The first-order valence-electron chi connectivity index (χ1n) is 8.17. The molecule has 7 heteroatoms. The first-order valence-corrected chi connectivity index (χ1v) is 9.66. The molecule has 0 amide bonds. The minimum atomic E-state index is -3.78. The SMILES string of the molecule is COc1ccc(C)cc1Nc1ccc(NS(=O)(=O)c2ccc(F)cc2)cc1. The van der Waals surface area contributed by atoms with Crippen molar-refractivity contribution < 1.29 is 17.5 Å². The van der Waals surface area contributed by atoms with E-state index in [9.17, 15) is 12.8 Å². The van der Waals surface area contributed by atoms with Crippen LogP contribution in [-0.4, -0.2) is 15.5 Å². The Morgan fingerprint density at radius 3 is 2.15 bits per heavy atom. The largest absolute Gasteiger partial charge is 0.495 e. The molecule has 0 saturated carbocycles. The van der Waals surface area contributed by atoms with Gasteiger partial charge in [-0.25, -0.2) is 12.8 Å². The normalized spacial score (nSPS) is 11.1. The lowest BCUT2D eigenvalue weighted by molar-refractivity contribution is 0.416. The molecule has 0 unspecified atom stereocenters. The van der Waals surface area contributed by atoms with Crippen LogP contribution in [0.4, 0.5) is 21.5 Å². The zero-order valence-corrected chi connectivity index (χ0v) is 15.7. The van der Waals surface area contributed by atoms with Gasteiger partial charge in [0, 0.05) is 11.4 Å². The molecule has 0 radical (unpaired) electrons. The van der Waals surface area contributed by atoms with Crippen LogP contribution in [0.3, 0.4) is 0 Å². The van der Waals surface area contributed by atoms with Crippen molar-refractivity contribution in [2.24, 2.45) is 0 Å². The standard InChI is InChI=1S/C20H19FN2O3S/c1-14-3-12-20(26-2)19(13-14)22-16-6-8-17(9-7-16)23-27(24,25)18-10-4-15(21)5-11-18/h3-13,22-23H,1-2H3. The average Bonchev–Trinajstić information content (AvgIpc) is 2.64. The Labute approximate surface area is 157 Å². The van der Waals surface area contributed by atoms with E-state index in [2.05, 4.69) is 10.0 Å². The lowest BCUT2D eigenvalue weighted by atomic mass is 10.2. The number of halogens is 1. The van der Waals surface area contributed by atoms with E-state index in [1.165, 1.54) is 12.1 Å². The molecule has 0 atom stereocenters. The van der Waals surface area contributed by atoms with Gasteiger partial charge < -0.3 is 10.1 Å². The van der Waals surface area contributed by atoms with E-state index in [0.717, 1.165) is 29.1 Å². The maximum atomic E-state index is 13.0. The number of hydrogen-bond acceptors (Lipinski definition) is 4. The van der Waals surface area contributed by atoms with Crippen LogP contribution in [-0.2, 0) is 10.0 Å². The van der Waals surface area contributed by atoms with E-state index in [1.54, 1.807) is 31.4 Å². The number of benzene rings is 3. The Kier molecular flexibility index (Phi) is 5.32. The smallest absolute Gasteiger partial charge is 0.261 e. The number of rotatable bonds is 6. The van der Waals surface area contributed by atoms with Gasteiger partial charge in [-0.3, -0.25) is 4.72 Å². The maximum absolute atomic E-state index is 13.0. The second-order valence-electron chi connectivity index (χ2n) is 5.97. The third kappa shape index (κ3) is 4.57. The first kappa shape index (κ1) is 18.7. The van der Waals surface area contributed by atoms with Crippen LogP contribution in [0.2, 0.25) is 0 Å². The highest BCUT2D eigenvalue weighted by Gasteiger charge is 2.14. The minimum absolute atomic E-state index is 0.00408. The zero-order chi connectivity index (χ0) is 19.4. The molecule has 140 valence electrons. The highest BCUT2D eigenvalue weighted by Crippen LogP contribution is 2.29. The summed E-state index contributed by atoms with van der Waals surface area (Å²) in [7, 11) is -2.17. The van der Waals surface area contributed by atoms with E-state index in [-0.39, 0.29) is 4.90 Å². The van der Waals surface area contributed by atoms with Crippen LogP contribution in [0.25, 0.3) is 0 Å². The first-order chi connectivity index (χ1) is 12.9. The summed E-state index contributed by atoms with van der Waals surface area (Å²) in [5, 5.41) is 3.25. The Morgan fingerprint density at radius 2 is 1.52 bits per heavy atom. The van der Waals surface area contributed by atoms with Gasteiger partial charge in [0.05, 0.1) is 17.7 Å². The van der Waals surface area contributed by atoms with Gasteiger partial charge >= 0.3 is 0 Å². The van der Waals surface area contributed by atoms with Crippen LogP contribution < -0.4 is 14.8 Å². The van der Waals surface area contributed by atoms with Crippen molar-refractivity contribution in [3.8, 4) is 5.75 Å². The van der Waals surface area contributed by atoms with Gasteiger partial charge in [0.25, 0.3) is 10.0 Å². The van der Waals surface area contributed by atoms with E-state index in [1.807, 2.05) is 25.1 Å². The lowest BCUT2D eigenvalue weighted by Gasteiger charge is -2.13. The van der Waals surface area contributed by atoms with Crippen molar-refractivity contribution in [3.63, 3.8) is 0 Å². The van der Waals surface area contributed by atoms with Gasteiger partial charge in [-0.2, -0.15) is 0 Å². The highest BCUT2D eigenvalue weighted by atomic mass is 32.2. The molecule has 0 fully saturated rings. The molecule has 2 N–H and O–H groups in total. The molecule has 0 bridgehead atoms. The Balaban J connectivity index is 1.76. The van der Waals surface area contributed by atoms with Crippen LogP contribution >= 0.6 is 0 Å². The van der Waals surface area contributed by atoms with E-state index in [0.29, 0.717) is 11.4 Å². The van der Waals surface area contributed by atoms with Crippen LogP contribution in [0, 0.1) is 12.7 Å².